The second kappa shape index (κ2) is 5.61. The molecule has 0 bridgehead atoms. The maximum Gasteiger partial charge on any atom is 0.232 e. The van der Waals surface area contributed by atoms with Crippen molar-refractivity contribution >= 4 is 0 Å². The predicted octanol–water partition coefficient (Wildman–Crippen LogP) is 3.54. The van der Waals surface area contributed by atoms with Crippen LogP contribution in [-0.4, -0.2) is 11.1 Å². The number of hydrogen-bond donors (Lipinski definition) is 0. The van der Waals surface area contributed by atoms with Crippen molar-refractivity contribution in [3.63, 3.8) is 0 Å². The molecule has 2 aliphatic carbocycles. The zero-order valence-corrected chi connectivity index (χ0v) is 11.3. The Morgan fingerprint density at radius 2 is 1.89 bits per heavy atom. The van der Waals surface area contributed by atoms with Crippen molar-refractivity contribution in [1.82, 2.24) is 4.98 Å². The Labute approximate surface area is 114 Å². The molecule has 19 heavy (non-hydrogen) atoms. The lowest BCUT2D eigenvalue weighted by molar-refractivity contribution is 0.175. The molecule has 0 amide bonds. The van der Waals surface area contributed by atoms with E-state index < -0.39 is 0 Å². The van der Waals surface area contributed by atoms with Crippen LogP contribution in [0.15, 0.2) is 6.07 Å². The van der Waals surface area contributed by atoms with Gasteiger partial charge in [-0.2, -0.15) is 5.26 Å². The van der Waals surface area contributed by atoms with Crippen molar-refractivity contribution < 1.29 is 4.74 Å². The molecular weight excluding hydrogens is 236 g/mol. The first-order valence-electron chi connectivity index (χ1n) is 7.46. The van der Waals surface area contributed by atoms with Crippen LogP contribution in [-0.2, 0) is 12.8 Å². The number of hydrogen-bond acceptors (Lipinski definition) is 3. The van der Waals surface area contributed by atoms with Gasteiger partial charge in [0.15, 0.2) is 0 Å². The summed E-state index contributed by atoms with van der Waals surface area (Å²) in [4.78, 5) is 4.60. The first-order chi connectivity index (χ1) is 9.36. The Kier molecular flexibility index (Phi) is 3.68. The standard InChI is InChI=1S/C16H20N2O/c17-11-13-10-12-6-5-9-15(12)18-16(13)19-14-7-3-1-2-4-8-14/h10,14H,1-9H2. The maximum absolute atomic E-state index is 9.26. The molecule has 0 radical (unpaired) electrons. The molecule has 3 rings (SSSR count). The number of ether oxygens (including phenoxy) is 1. The van der Waals surface area contributed by atoms with Crippen LogP contribution in [0.3, 0.4) is 0 Å². The van der Waals surface area contributed by atoms with Gasteiger partial charge in [-0.25, -0.2) is 4.98 Å². The summed E-state index contributed by atoms with van der Waals surface area (Å²) in [6, 6.07) is 4.23. The van der Waals surface area contributed by atoms with Gasteiger partial charge in [-0.1, -0.05) is 12.8 Å². The minimum Gasteiger partial charge on any atom is -0.473 e. The number of nitrogens with zero attached hydrogens (tertiary/aromatic N) is 2. The van der Waals surface area contributed by atoms with Gasteiger partial charge < -0.3 is 4.74 Å². The molecule has 3 nitrogen and oxygen atoms in total. The Balaban J connectivity index is 1.81. The lowest BCUT2D eigenvalue weighted by Gasteiger charge is -2.17. The topological polar surface area (TPSA) is 45.9 Å². The summed E-state index contributed by atoms with van der Waals surface area (Å²) >= 11 is 0. The highest BCUT2D eigenvalue weighted by molar-refractivity contribution is 5.44. The molecule has 2 aliphatic rings. The quantitative estimate of drug-likeness (QED) is 0.760. The minimum absolute atomic E-state index is 0.251. The molecular formula is C16H20N2O. The van der Waals surface area contributed by atoms with Gasteiger partial charge in [0, 0.05) is 5.69 Å². The average Bonchev–Trinajstić information content (AvgIpc) is 2.72. The third kappa shape index (κ3) is 2.73. The number of rotatable bonds is 2. The van der Waals surface area contributed by atoms with Crippen LogP contribution in [0.1, 0.15) is 61.8 Å². The summed E-state index contributed by atoms with van der Waals surface area (Å²) in [5, 5.41) is 9.26. The van der Waals surface area contributed by atoms with Crippen molar-refractivity contribution in [3.8, 4) is 11.9 Å². The van der Waals surface area contributed by atoms with Crippen molar-refractivity contribution in [1.29, 1.82) is 5.26 Å². The fourth-order valence-electron chi connectivity index (χ4n) is 3.14. The van der Waals surface area contributed by atoms with E-state index in [0.717, 1.165) is 37.8 Å². The van der Waals surface area contributed by atoms with Gasteiger partial charge in [0.25, 0.3) is 0 Å². The number of pyridine rings is 1. The van der Waals surface area contributed by atoms with E-state index in [1.807, 2.05) is 6.07 Å². The van der Waals surface area contributed by atoms with Gasteiger partial charge in [0.1, 0.15) is 17.7 Å². The molecule has 0 spiro atoms. The zero-order valence-electron chi connectivity index (χ0n) is 11.3. The molecule has 0 saturated heterocycles. The van der Waals surface area contributed by atoms with Crippen LogP contribution in [0.25, 0.3) is 0 Å². The zero-order chi connectivity index (χ0) is 13.1. The highest BCUT2D eigenvalue weighted by Crippen LogP contribution is 2.28. The Morgan fingerprint density at radius 1 is 1.11 bits per heavy atom. The monoisotopic (exact) mass is 256 g/mol. The van der Waals surface area contributed by atoms with E-state index in [1.165, 1.54) is 31.2 Å². The lowest BCUT2D eigenvalue weighted by Crippen LogP contribution is -2.17. The van der Waals surface area contributed by atoms with Gasteiger partial charge in [0.05, 0.1) is 0 Å². The summed E-state index contributed by atoms with van der Waals surface area (Å²) in [5.41, 5.74) is 3.00. The second-order valence-corrected chi connectivity index (χ2v) is 5.64. The van der Waals surface area contributed by atoms with Crippen LogP contribution >= 0.6 is 0 Å². The van der Waals surface area contributed by atoms with Crippen molar-refractivity contribution in [3.05, 3.63) is 22.9 Å². The molecule has 1 saturated carbocycles. The number of nitriles is 1. The van der Waals surface area contributed by atoms with Crippen LogP contribution in [0, 0.1) is 11.3 Å². The molecule has 1 fully saturated rings. The number of aryl methyl sites for hydroxylation is 2. The van der Waals surface area contributed by atoms with E-state index in [0.29, 0.717) is 11.4 Å². The van der Waals surface area contributed by atoms with Crippen LogP contribution in [0.4, 0.5) is 0 Å². The summed E-state index contributed by atoms with van der Waals surface area (Å²) in [6.07, 6.45) is 10.8. The molecule has 0 atom stereocenters. The Morgan fingerprint density at radius 3 is 2.63 bits per heavy atom. The van der Waals surface area contributed by atoms with E-state index in [4.69, 9.17) is 4.74 Å². The average molecular weight is 256 g/mol. The fourth-order valence-corrected chi connectivity index (χ4v) is 3.14. The van der Waals surface area contributed by atoms with Crippen LogP contribution in [0.2, 0.25) is 0 Å². The van der Waals surface area contributed by atoms with Gasteiger partial charge in [-0.05, 0) is 56.6 Å². The molecule has 1 heterocycles. The summed E-state index contributed by atoms with van der Waals surface area (Å²) < 4.78 is 6.05. The van der Waals surface area contributed by atoms with Crippen molar-refractivity contribution in [2.45, 2.75) is 63.9 Å². The first kappa shape index (κ1) is 12.5. The van der Waals surface area contributed by atoms with Crippen molar-refractivity contribution in [2.24, 2.45) is 0 Å². The number of aromatic nitrogens is 1. The normalized spacial score (nSPS) is 19.5. The molecule has 100 valence electrons. The maximum atomic E-state index is 9.26. The van der Waals surface area contributed by atoms with E-state index in [9.17, 15) is 5.26 Å². The molecule has 3 heteroatoms. The summed E-state index contributed by atoms with van der Waals surface area (Å²) in [5.74, 6) is 0.579. The second-order valence-electron chi connectivity index (χ2n) is 5.64. The minimum atomic E-state index is 0.251. The third-order valence-electron chi connectivity index (χ3n) is 4.22. The highest BCUT2D eigenvalue weighted by Gasteiger charge is 2.20. The molecule has 0 aliphatic heterocycles. The summed E-state index contributed by atoms with van der Waals surface area (Å²) in [7, 11) is 0. The highest BCUT2D eigenvalue weighted by atomic mass is 16.5. The molecule has 0 unspecified atom stereocenters. The van der Waals surface area contributed by atoms with Gasteiger partial charge >= 0.3 is 0 Å². The molecule has 0 aromatic carbocycles. The third-order valence-corrected chi connectivity index (χ3v) is 4.22. The van der Waals surface area contributed by atoms with Gasteiger partial charge in [0.2, 0.25) is 5.88 Å². The van der Waals surface area contributed by atoms with E-state index in [-0.39, 0.29) is 6.10 Å². The summed E-state index contributed by atoms with van der Waals surface area (Å²) in [6.45, 7) is 0. The SMILES string of the molecule is N#Cc1cc2c(nc1OC1CCCCCC1)CCC2. The van der Waals surface area contributed by atoms with E-state index >= 15 is 0 Å². The van der Waals surface area contributed by atoms with Crippen LogP contribution in [0.5, 0.6) is 5.88 Å². The van der Waals surface area contributed by atoms with Gasteiger partial charge in [-0.15, -0.1) is 0 Å². The van der Waals surface area contributed by atoms with Crippen LogP contribution < -0.4 is 4.74 Å². The fraction of sp³-hybridized carbons (Fsp3) is 0.625. The van der Waals surface area contributed by atoms with Gasteiger partial charge in [-0.3, -0.25) is 0 Å². The Bertz CT molecular complexity index is 496. The van der Waals surface area contributed by atoms with Crippen molar-refractivity contribution in [2.75, 3.05) is 0 Å². The Hall–Kier alpha value is -1.56. The number of fused-ring (bicyclic) bond motifs is 1. The smallest absolute Gasteiger partial charge is 0.232 e. The molecule has 1 aromatic rings. The van der Waals surface area contributed by atoms with E-state index in [2.05, 4.69) is 11.1 Å². The predicted molar refractivity (Wildman–Crippen MR) is 73.1 cm³/mol. The first-order valence-corrected chi connectivity index (χ1v) is 7.46. The molecule has 0 N–H and O–H groups in total. The van der Waals surface area contributed by atoms with E-state index in [1.54, 1.807) is 0 Å². The largest absolute Gasteiger partial charge is 0.473 e. The molecule has 1 aromatic heterocycles. The lowest BCUT2D eigenvalue weighted by atomic mass is 10.1.